The zero-order valence-corrected chi connectivity index (χ0v) is 8.69. The van der Waals surface area contributed by atoms with E-state index in [0.29, 0.717) is 11.6 Å². The molecule has 0 bridgehead atoms. The van der Waals surface area contributed by atoms with E-state index in [1.54, 1.807) is 12.4 Å². The van der Waals surface area contributed by atoms with Gasteiger partial charge in [0.2, 0.25) is 0 Å². The molecule has 1 aromatic rings. The zero-order chi connectivity index (χ0) is 10.6. The average molecular weight is 196 g/mol. The van der Waals surface area contributed by atoms with Crippen LogP contribution in [-0.4, -0.2) is 23.2 Å². The maximum atomic E-state index is 9.40. The third kappa shape index (κ3) is 2.97. The van der Waals surface area contributed by atoms with Crippen LogP contribution < -0.4 is 5.32 Å². The Kier molecular flexibility index (Phi) is 3.85. The number of nitrogens with one attached hydrogen (secondary N) is 1. The third-order valence-corrected chi connectivity index (χ3v) is 1.72. The summed E-state index contributed by atoms with van der Waals surface area (Å²) >= 11 is 0. The number of hydrogen-bond donors (Lipinski definition) is 2. The Bertz CT molecular complexity index is 289. The van der Waals surface area contributed by atoms with Crippen molar-refractivity contribution in [2.75, 3.05) is 12.4 Å². The van der Waals surface area contributed by atoms with Gasteiger partial charge in [-0.15, -0.1) is 0 Å². The predicted molar refractivity (Wildman–Crippen MR) is 55.0 cm³/mol. The Morgan fingerprint density at radius 3 is 2.71 bits per heavy atom. The van der Waals surface area contributed by atoms with Crippen molar-refractivity contribution in [1.82, 2.24) is 4.98 Å². The molecule has 4 nitrogen and oxygen atoms in total. The SMILES string of the molecule is COC(O)c1cncc(NC(C)C)c1. The quantitative estimate of drug-likeness (QED) is 0.717. The maximum absolute atomic E-state index is 9.40. The molecule has 0 aliphatic carbocycles. The number of aliphatic hydroxyl groups is 1. The Labute approximate surface area is 83.9 Å². The molecule has 1 aromatic heterocycles. The van der Waals surface area contributed by atoms with Gasteiger partial charge in [-0.05, 0) is 19.9 Å². The summed E-state index contributed by atoms with van der Waals surface area (Å²) in [4.78, 5) is 4.00. The number of hydrogen-bond acceptors (Lipinski definition) is 4. The number of pyridine rings is 1. The second-order valence-electron chi connectivity index (χ2n) is 3.39. The lowest BCUT2D eigenvalue weighted by molar-refractivity contribution is -0.0771. The molecule has 0 radical (unpaired) electrons. The second kappa shape index (κ2) is 4.93. The van der Waals surface area contributed by atoms with Gasteiger partial charge in [0.1, 0.15) is 0 Å². The van der Waals surface area contributed by atoms with Crippen molar-refractivity contribution in [1.29, 1.82) is 0 Å². The van der Waals surface area contributed by atoms with Crippen molar-refractivity contribution in [3.05, 3.63) is 24.0 Å². The Morgan fingerprint density at radius 1 is 1.43 bits per heavy atom. The number of aromatic nitrogens is 1. The number of ether oxygens (including phenoxy) is 1. The monoisotopic (exact) mass is 196 g/mol. The van der Waals surface area contributed by atoms with Crippen LogP contribution in [0.4, 0.5) is 5.69 Å². The second-order valence-corrected chi connectivity index (χ2v) is 3.39. The Balaban J connectivity index is 2.78. The van der Waals surface area contributed by atoms with Crippen LogP contribution in [0.1, 0.15) is 25.7 Å². The van der Waals surface area contributed by atoms with Crippen LogP contribution in [0.25, 0.3) is 0 Å². The molecule has 0 saturated heterocycles. The van der Waals surface area contributed by atoms with Crippen LogP contribution in [0.5, 0.6) is 0 Å². The van der Waals surface area contributed by atoms with E-state index in [2.05, 4.69) is 10.3 Å². The van der Waals surface area contributed by atoms with E-state index in [0.717, 1.165) is 5.69 Å². The normalized spacial score (nSPS) is 12.9. The first-order valence-corrected chi connectivity index (χ1v) is 4.56. The molecule has 1 unspecified atom stereocenters. The van der Waals surface area contributed by atoms with E-state index in [-0.39, 0.29) is 0 Å². The standard InChI is InChI=1S/C10H16N2O2/c1-7(2)12-9-4-8(5-11-6-9)10(13)14-3/h4-7,10,12-13H,1-3H3. The van der Waals surface area contributed by atoms with Gasteiger partial charge >= 0.3 is 0 Å². The van der Waals surface area contributed by atoms with Crippen molar-refractivity contribution in [3.8, 4) is 0 Å². The predicted octanol–water partition coefficient (Wildman–Crippen LogP) is 1.54. The van der Waals surface area contributed by atoms with Crippen molar-refractivity contribution in [2.45, 2.75) is 26.2 Å². The highest BCUT2D eigenvalue weighted by molar-refractivity contribution is 5.43. The van der Waals surface area contributed by atoms with Gasteiger partial charge in [0.25, 0.3) is 0 Å². The summed E-state index contributed by atoms with van der Waals surface area (Å²) in [6.45, 7) is 4.08. The van der Waals surface area contributed by atoms with Gasteiger partial charge in [0, 0.05) is 31.1 Å². The van der Waals surface area contributed by atoms with Gasteiger partial charge in [-0.25, -0.2) is 0 Å². The first-order valence-electron chi connectivity index (χ1n) is 4.56. The zero-order valence-electron chi connectivity index (χ0n) is 8.69. The van der Waals surface area contributed by atoms with Crippen LogP contribution in [0, 0.1) is 0 Å². The van der Waals surface area contributed by atoms with Crippen LogP contribution >= 0.6 is 0 Å². The Morgan fingerprint density at radius 2 is 2.14 bits per heavy atom. The highest BCUT2D eigenvalue weighted by Gasteiger charge is 2.06. The minimum atomic E-state index is -0.906. The van der Waals surface area contributed by atoms with Gasteiger partial charge in [-0.3, -0.25) is 4.98 Å². The molecule has 0 spiro atoms. The molecule has 0 aliphatic rings. The largest absolute Gasteiger partial charge is 0.382 e. The molecule has 0 fully saturated rings. The number of nitrogens with zero attached hydrogens (tertiary/aromatic N) is 1. The number of methoxy groups -OCH3 is 1. The summed E-state index contributed by atoms with van der Waals surface area (Å²) < 4.78 is 4.78. The van der Waals surface area contributed by atoms with Crippen LogP contribution in [0.15, 0.2) is 18.5 Å². The Hall–Kier alpha value is -1.13. The van der Waals surface area contributed by atoms with Gasteiger partial charge < -0.3 is 15.2 Å². The van der Waals surface area contributed by atoms with Gasteiger partial charge in [-0.1, -0.05) is 0 Å². The van der Waals surface area contributed by atoms with Gasteiger partial charge in [0.05, 0.1) is 5.69 Å². The molecule has 78 valence electrons. The molecule has 1 atom stereocenters. The van der Waals surface area contributed by atoms with E-state index in [1.165, 1.54) is 7.11 Å². The molecule has 0 aliphatic heterocycles. The molecule has 0 amide bonds. The molecule has 14 heavy (non-hydrogen) atoms. The van der Waals surface area contributed by atoms with E-state index < -0.39 is 6.29 Å². The van der Waals surface area contributed by atoms with Crippen LogP contribution in [0.2, 0.25) is 0 Å². The van der Waals surface area contributed by atoms with Crippen molar-refractivity contribution in [3.63, 3.8) is 0 Å². The summed E-state index contributed by atoms with van der Waals surface area (Å²) in [5.74, 6) is 0. The number of rotatable bonds is 4. The van der Waals surface area contributed by atoms with Crippen molar-refractivity contribution < 1.29 is 9.84 Å². The first kappa shape index (κ1) is 10.9. The molecular weight excluding hydrogens is 180 g/mol. The molecule has 0 saturated carbocycles. The fourth-order valence-corrected chi connectivity index (χ4v) is 1.14. The highest BCUT2D eigenvalue weighted by atomic mass is 16.6. The lowest BCUT2D eigenvalue weighted by Crippen LogP contribution is -2.10. The molecule has 1 rings (SSSR count). The van der Waals surface area contributed by atoms with Crippen molar-refractivity contribution >= 4 is 5.69 Å². The summed E-state index contributed by atoms with van der Waals surface area (Å²) in [6.07, 6.45) is 2.39. The molecule has 4 heteroatoms. The minimum Gasteiger partial charge on any atom is -0.382 e. The average Bonchev–Trinajstić information content (AvgIpc) is 2.16. The summed E-state index contributed by atoms with van der Waals surface area (Å²) in [6, 6.07) is 2.16. The summed E-state index contributed by atoms with van der Waals surface area (Å²) in [7, 11) is 1.45. The van der Waals surface area contributed by atoms with Gasteiger partial charge in [0.15, 0.2) is 6.29 Å². The van der Waals surface area contributed by atoms with E-state index in [9.17, 15) is 5.11 Å². The van der Waals surface area contributed by atoms with Gasteiger partial charge in [-0.2, -0.15) is 0 Å². The number of anilines is 1. The topological polar surface area (TPSA) is 54.4 Å². The fraction of sp³-hybridized carbons (Fsp3) is 0.500. The van der Waals surface area contributed by atoms with Crippen LogP contribution in [0.3, 0.4) is 0 Å². The first-order chi connectivity index (χ1) is 6.63. The third-order valence-electron chi connectivity index (χ3n) is 1.72. The number of aliphatic hydroxyl groups excluding tert-OH is 1. The van der Waals surface area contributed by atoms with Crippen molar-refractivity contribution in [2.24, 2.45) is 0 Å². The molecule has 2 N–H and O–H groups in total. The smallest absolute Gasteiger partial charge is 0.182 e. The minimum absolute atomic E-state index is 0.340. The van der Waals surface area contributed by atoms with E-state index in [4.69, 9.17) is 4.74 Å². The highest BCUT2D eigenvalue weighted by Crippen LogP contribution is 2.16. The molecule has 1 heterocycles. The lowest BCUT2D eigenvalue weighted by atomic mass is 10.2. The van der Waals surface area contributed by atoms with E-state index >= 15 is 0 Å². The molecular formula is C10H16N2O2. The maximum Gasteiger partial charge on any atom is 0.182 e. The van der Waals surface area contributed by atoms with Crippen LogP contribution in [-0.2, 0) is 4.74 Å². The fourth-order valence-electron chi connectivity index (χ4n) is 1.14. The summed E-state index contributed by atoms with van der Waals surface area (Å²) in [5, 5.41) is 12.6. The van der Waals surface area contributed by atoms with E-state index in [1.807, 2.05) is 19.9 Å². The lowest BCUT2D eigenvalue weighted by Gasteiger charge is -2.12. The summed E-state index contributed by atoms with van der Waals surface area (Å²) in [5.41, 5.74) is 1.53. The molecule has 0 aromatic carbocycles.